The van der Waals surface area contributed by atoms with Crippen LogP contribution in [0.15, 0.2) is 48.8 Å². The van der Waals surface area contributed by atoms with Gasteiger partial charge in [0, 0.05) is 12.4 Å². The second-order valence-corrected chi connectivity index (χ2v) is 3.97. The number of aromatic nitrogens is 4. The fourth-order valence-corrected chi connectivity index (χ4v) is 1.72. The summed E-state index contributed by atoms with van der Waals surface area (Å²) in [7, 11) is 0. The van der Waals surface area contributed by atoms with Crippen LogP contribution in [-0.2, 0) is 6.67 Å². The molecule has 6 heteroatoms. The Balaban J connectivity index is 1.71. The topological polar surface area (TPSA) is 72.7 Å². The quantitative estimate of drug-likeness (QED) is 0.761. The van der Waals surface area contributed by atoms with Gasteiger partial charge in [0.1, 0.15) is 17.7 Å². The van der Waals surface area contributed by atoms with Gasteiger partial charge in [-0.2, -0.15) is 15.0 Å². The third kappa shape index (κ3) is 2.42. The Morgan fingerprint density at radius 3 is 2.47 bits per heavy atom. The molecule has 3 aromatic rings. The second kappa shape index (κ2) is 4.85. The van der Waals surface area contributed by atoms with Crippen molar-refractivity contribution < 1.29 is 4.79 Å². The Kier molecular flexibility index (Phi) is 2.89. The van der Waals surface area contributed by atoms with Gasteiger partial charge >= 0.3 is 0 Å². The lowest BCUT2D eigenvalue weighted by molar-refractivity contribution is 0.0937. The summed E-state index contributed by atoms with van der Waals surface area (Å²) < 4.78 is 0. The normalized spacial score (nSPS) is 10.5. The number of carbonyl (C=O) groups excluding carboxylic acids is 1. The number of nitrogens with one attached hydrogen (secondary N) is 1. The Morgan fingerprint density at radius 2 is 1.84 bits per heavy atom. The predicted molar refractivity (Wildman–Crippen MR) is 69.2 cm³/mol. The first-order valence-corrected chi connectivity index (χ1v) is 5.81. The monoisotopic (exact) mass is 253 g/mol. The van der Waals surface area contributed by atoms with Crippen molar-refractivity contribution in [3.63, 3.8) is 0 Å². The van der Waals surface area contributed by atoms with Crippen LogP contribution in [0.5, 0.6) is 0 Å². The standard InChI is InChI=1S/C13H11N5O/c19-13(10-4-3-7-14-8-10)15-9-18-16-11-5-1-2-6-12(11)17-18/h1-8H,9H2,(H,15,19). The van der Waals surface area contributed by atoms with E-state index in [0.29, 0.717) is 5.56 Å². The third-order valence-corrected chi connectivity index (χ3v) is 2.63. The lowest BCUT2D eigenvalue weighted by Gasteiger charge is -2.03. The molecule has 0 saturated carbocycles. The van der Waals surface area contributed by atoms with Crippen LogP contribution in [0, 0.1) is 0 Å². The molecule has 2 aromatic heterocycles. The smallest absolute Gasteiger partial charge is 0.254 e. The van der Waals surface area contributed by atoms with E-state index >= 15 is 0 Å². The van der Waals surface area contributed by atoms with Gasteiger partial charge in [-0.05, 0) is 24.3 Å². The molecule has 3 rings (SSSR count). The number of hydrogen-bond donors (Lipinski definition) is 1. The number of amides is 1. The van der Waals surface area contributed by atoms with E-state index in [1.54, 1.807) is 18.3 Å². The highest BCUT2D eigenvalue weighted by molar-refractivity contribution is 5.93. The van der Waals surface area contributed by atoms with Gasteiger partial charge in [0.05, 0.1) is 5.56 Å². The first kappa shape index (κ1) is 11.3. The van der Waals surface area contributed by atoms with Crippen molar-refractivity contribution in [1.82, 2.24) is 25.3 Å². The highest BCUT2D eigenvalue weighted by atomic mass is 16.1. The Bertz CT molecular complexity index is 674. The summed E-state index contributed by atoms with van der Waals surface area (Å²) in [5.74, 6) is -0.200. The number of pyridine rings is 1. The van der Waals surface area contributed by atoms with Crippen molar-refractivity contribution in [2.24, 2.45) is 0 Å². The van der Waals surface area contributed by atoms with Crippen molar-refractivity contribution in [3.8, 4) is 0 Å². The number of nitrogens with zero attached hydrogens (tertiary/aromatic N) is 4. The fourth-order valence-electron chi connectivity index (χ4n) is 1.72. The molecule has 1 amide bonds. The molecule has 0 saturated heterocycles. The minimum absolute atomic E-state index is 0.200. The highest BCUT2D eigenvalue weighted by Gasteiger charge is 2.06. The van der Waals surface area contributed by atoms with E-state index in [-0.39, 0.29) is 12.6 Å². The molecule has 0 aliphatic rings. The zero-order valence-electron chi connectivity index (χ0n) is 10.0. The van der Waals surface area contributed by atoms with E-state index in [0.717, 1.165) is 11.0 Å². The van der Waals surface area contributed by atoms with Crippen molar-refractivity contribution in [3.05, 3.63) is 54.4 Å². The summed E-state index contributed by atoms with van der Waals surface area (Å²) in [5.41, 5.74) is 2.12. The Labute approximate surface area is 109 Å². The lowest BCUT2D eigenvalue weighted by Crippen LogP contribution is -2.27. The maximum absolute atomic E-state index is 11.8. The number of hydrogen-bond acceptors (Lipinski definition) is 4. The molecule has 0 fully saturated rings. The minimum Gasteiger partial charge on any atom is -0.331 e. The van der Waals surface area contributed by atoms with Crippen LogP contribution in [-0.4, -0.2) is 25.9 Å². The SMILES string of the molecule is O=C(NCn1nc2ccccc2n1)c1cccnc1. The van der Waals surface area contributed by atoms with E-state index in [4.69, 9.17) is 0 Å². The van der Waals surface area contributed by atoms with Gasteiger partial charge in [0.2, 0.25) is 0 Å². The number of fused-ring (bicyclic) bond motifs is 1. The first-order valence-electron chi connectivity index (χ1n) is 5.81. The molecule has 0 radical (unpaired) electrons. The van der Waals surface area contributed by atoms with Crippen LogP contribution in [0.2, 0.25) is 0 Å². The zero-order valence-corrected chi connectivity index (χ0v) is 10.0. The summed E-state index contributed by atoms with van der Waals surface area (Å²) in [6.45, 7) is 0.225. The van der Waals surface area contributed by atoms with Gasteiger partial charge in [-0.15, -0.1) is 0 Å². The average Bonchev–Trinajstić information content (AvgIpc) is 2.88. The zero-order chi connectivity index (χ0) is 13.1. The molecule has 0 bridgehead atoms. The first-order chi connectivity index (χ1) is 9.33. The van der Waals surface area contributed by atoms with Crippen molar-refractivity contribution in [1.29, 1.82) is 0 Å². The molecule has 1 aromatic carbocycles. The molecule has 94 valence electrons. The van der Waals surface area contributed by atoms with Gasteiger partial charge in [-0.1, -0.05) is 12.1 Å². The molecular formula is C13H11N5O. The predicted octanol–water partition coefficient (Wildman–Crippen LogP) is 1.21. The average molecular weight is 253 g/mol. The molecule has 2 heterocycles. The molecular weight excluding hydrogens is 242 g/mol. The van der Waals surface area contributed by atoms with Gasteiger partial charge in [0.25, 0.3) is 5.91 Å². The van der Waals surface area contributed by atoms with E-state index in [9.17, 15) is 4.79 Å². The van der Waals surface area contributed by atoms with Crippen molar-refractivity contribution in [2.75, 3.05) is 0 Å². The molecule has 0 unspecified atom stereocenters. The molecule has 0 spiro atoms. The number of carbonyl (C=O) groups is 1. The molecule has 19 heavy (non-hydrogen) atoms. The van der Waals surface area contributed by atoms with Crippen LogP contribution in [0.1, 0.15) is 10.4 Å². The highest BCUT2D eigenvalue weighted by Crippen LogP contribution is 2.06. The van der Waals surface area contributed by atoms with Crippen LogP contribution in [0.3, 0.4) is 0 Å². The molecule has 6 nitrogen and oxygen atoms in total. The van der Waals surface area contributed by atoms with Crippen LogP contribution < -0.4 is 5.32 Å². The van der Waals surface area contributed by atoms with E-state index in [1.165, 1.54) is 11.0 Å². The van der Waals surface area contributed by atoms with E-state index < -0.39 is 0 Å². The fraction of sp³-hybridized carbons (Fsp3) is 0.0769. The summed E-state index contributed by atoms with van der Waals surface area (Å²) in [6.07, 6.45) is 3.14. The van der Waals surface area contributed by atoms with Crippen LogP contribution in [0.25, 0.3) is 11.0 Å². The molecule has 0 aliphatic heterocycles. The van der Waals surface area contributed by atoms with Gasteiger partial charge < -0.3 is 5.32 Å². The Hall–Kier alpha value is -2.76. The largest absolute Gasteiger partial charge is 0.331 e. The molecule has 1 N–H and O–H groups in total. The van der Waals surface area contributed by atoms with Crippen molar-refractivity contribution in [2.45, 2.75) is 6.67 Å². The summed E-state index contributed by atoms with van der Waals surface area (Å²) in [6, 6.07) is 11.0. The number of benzene rings is 1. The minimum atomic E-state index is -0.200. The van der Waals surface area contributed by atoms with Crippen LogP contribution in [0.4, 0.5) is 0 Å². The summed E-state index contributed by atoms with van der Waals surface area (Å²) in [5, 5.41) is 11.2. The third-order valence-electron chi connectivity index (χ3n) is 2.63. The Morgan fingerprint density at radius 1 is 1.11 bits per heavy atom. The maximum atomic E-state index is 11.8. The number of rotatable bonds is 3. The van der Waals surface area contributed by atoms with Gasteiger partial charge in [0.15, 0.2) is 0 Å². The van der Waals surface area contributed by atoms with Gasteiger partial charge in [-0.25, -0.2) is 0 Å². The lowest BCUT2D eigenvalue weighted by atomic mass is 10.3. The van der Waals surface area contributed by atoms with Crippen molar-refractivity contribution >= 4 is 16.9 Å². The second-order valence-electron chi connectivity index (χ2n) is 3.97. The van der Waals surface area contributed by atoms with Crippen LogP contribution >= 0.6 is 0 Å². The molecule has 0 aliphatic carbocycles. The molecule has 0 atom stereocenters. The van der Waals surface area contributed by atoms with E-state index in [1.807, 2.05) is 24.3 Å². The summed E-state index contributed by atoms with van der Waals surface area (Å²) in [4.78, 5) is 17.2. The van der Waals surface area contributed by atoms with E-state index in [2.05, 4.69) is 20.5 Å². The maximum Gasteiger partial charge on any atom is 0.254 e. The van der Waals surface area contributed by atoms with Gasteiger partial charge in [-0.3, -0.25) is 9.78 Å². The summed E-state index contributed by atoms with van der Waals surface area (Å²) >= 11 is 0.